The predicted octanol–water partition coefficient (Wildman–Crippen LogP) is 6.18. The Bertz CT molecular complexity index is 3280. The zero-order valence-corrected chi connectivity index (χ0v) is 37.3. The van der Waals surface area contributed by atoms with Crippen LogP contribution in [0.1, 0.15) is 95.8 Å². The van der Waals surface area contributed by atoms with Gasteiger partial charge in [0.2, 0.25) is 10.0 Å². The van der Waals surface area contributed by atoms with Crippen LogP contribution in [0.5, 0.6) is 0 Å². The molecule has 2 saturated heterocycles. The summed E-state index contributed by atoms with van der Waals surface area (Å²) in [5.74, 6) is -0.0465. The van der Waals surface area contributed by atoms with Gasteiger partial charge in [0.1, 0.15) is 22.9 Å². The van der Waals surface area contributed by atoms with Crippen LogP contribution in [-0.4, -0.2) is 84.9 Å². The lowest BCUT2D eigenvalue weighted by Crippen LogP contribution is -2.41. The van der Waals surface area contributed by atoms with Gasteiger partial charge in [0.25, 0.3) is 5.91 Å². The lowest BCUT2D eigenvalue weighted by Gasteiger charge is -2.34. The number of carbonyl (C=O) groups is 1. The summed E-state index contributed by atoms with van der Waals surface area (Å²) in [6, 6.07) is 17.9. The van der Waals surface area contributed by atoms with E-state index < -0.39 is 33.0 Å². The number of amides is 1. The van der Waals surface area contributed by atoms with Gasteiger partial charge in [-0.05, 0) is 130 Å². The zero-order valence-electron chi connectivity index (χ0n) is 36.5. The van der Waals surface area contributed by atoms with Crippen molar-refractivity contribution in [3.05, 3.63) is 139 Å². The second-order valence-corrected chi connectivity index (χ2v) is 20.0. The van der Waals surface area contributed by atoms with Crippen LogP contribution in [0.4, 0.5) is 10.1 Å². The summed E-state index contributed by atoms with van der Waals surface area (Å²) < 4.78 is 59.1. The van der Waals surface area contributed by atoms with Crippen LogP contribution in [0.2, 0.25) is 0 Å². The fourth-order valence-electron chi connectivity index (χ4n) is 10.7. The van der Waals surface area contributed by atoms with Gasteiger partial charge < -0.3 is 14.2 Å². The van der Waals surface area contributed by atoms with Gasteiger partial charge in [-0.2, -0.15) is 5.10 Å². The summed E-state index contributed by atoms with van der Waals surface area (Å²) in [6.45, 7) is 9.47. The molecule has 1 saturated carbocycles. The third kappa shape index (κ3) is 6.46. The number of aromatic nitrogens is 7. The monoisotopic (exact) mass is 901 g/mol. The van der Waals surface area contributed by atoms with Crippen LogP contribution >= 0.6 is 0 Å². The Labute approximate surface area is 372 Å². The number of H-pyrrole nitrogens is 1. The molecule has 7 heterocycles. The van der Waals surface area contributed by atoms with E-state index in [0.29, 0.717) is 108 Å². The standard InChI is InChI=1S/C47H48FN9O7S/c1-27-22-36(23-28(2)41(27)48)57-42(54-18-17-53(46(54)60)34-7-9-35(10-8-34)55-15-5-21-65(55,61)62)40-30(4)52(16-12-37(40)50-57)43(58)39-25-33-24-32(31-13-19-63-20-14-31)6-11-38(33)56(39)47(26-29(47)3)44-49-45(59)64-51-44/h6-11,17-18,22-25,29-31H,5,12-16,19-21,26H2,1-4H3,(H,49,51,59)/t29-,30-,47-/m0/s1. The molecular formula is C47H48FN9O7S. The average Bonchev–Trinajstić information content (AvgIpc) is 3.92. The fourth-order valence-corrected chi connectivity index (χ4v) is 12.2. The Hall–Kier alpha value is -6.53. The summed E-state index contributed by atoms with van der Waals surface area (Å²) in [5, 5.41) is 10.1. The number of ether oxygens (including phenoxy) is 1. The number of imidazole rings is 1. The minimum atomic E-state index is -3.39. The first-order chi connectivity index (χ1) is 31.2. The molecule has 11 rings (SSSR count). The van der Waals surface area contributed by atoms with Crippen molar-refractivity contribution in [3.8, 4) is 17.2 Å². The molecule has 16 nitrogen and oxygen atoms in total. The van der Waals surface area contributed by atoms with Gasteiger partial charge in [-0.15, -0.1) is 0 Å². The number of rotatable bonds is 8. The molecule has 3 fully saturated rings. The quantitative estimate of drug-likeness (QED) is 0.187. The van der Waals surface area contributed by atoms with Crippen molar-refractivity contribution < 1.29 is 26.9 Å². The Kier molecular flexibility index (Phi) is 9.52. The highest BCUT2D eigenvalue weighted by Gasteiger charge is 2.59. The second-order valence-electron chi connectivity index (χ2n) is 18.0. The molecule has 4 aromatic heterocycles. The summed E-state index contributed by atoms with van der Waals surface area (Å²) in [6.07, 6.45) is 6.64. The van der Waals surface area contributed by atoms with Crippen molar-refractivity contribution in [1.82, 2.24) is 38.5 Å². The van der Waals surface area contributed by atoms with E-state index in [1.165, 1.54) is 19.0 Å². The molecule has 336 valence electrons. The van der Waals surface area contributed by atoms with E-state index in [2.05, 4.69) is 35.3 Å². The molecule has 3 atom stereocenters. The number of benzene rings is 3. The number of aryl methyl sites for hydroxylation is 2. The molecule has 0 bridgehead atoms. The van der Waals surface area contributed by atoms with Crippen LogP contribution in [0.3, 0.4) is 0 Å². The van der Waals surface area contributed by atoms with E-state index in [1.807, 2.05) is 22.5 Å². The zero-order chi connectivity index (χ0) is 45.1. The molecule has 1 N–H and O–H groups in total. The number of sulfonamides is 1. The maximum atomic E-state index is 15.5. The Morgan fingerprint density at radius 1 is 0.908 bits per heavy atom. The van der Waals surface area contributed by atoms with E-state index in [9.17, 15) is 18.0 Å². The van der Waals surface area contributed by atoms with Crippen LogP contribution < -0.4 is 15.8 Å². The average molecular weight is 902 g/mol. The maximum Gasteiger partial charge on any atom is 0.438 e. The highest BCUT2D eigenvalue weighted by molar-refractivity contribution is 7.93. The lowest BCUT2D eigenvalue weighted by atomic mass is 9.91. The molecule has 65 heavy (non-hydrogen) atoms. The summed E-state index contributed by atoms with van der Waals surface area (Å²) in [4.78, 5) is 47.1. The van der Waals surface area contributed by atoms with Crippen molar-refractivity contribution in [1.29, 1.82) is 0 Å². The normalized spacial score (nSPS) is 21.9. The third-order valence-electron chi connectivity index (χ3n) is 14.2. The molecule has 1 aliphatic carbocycles. The van der Waals surface area contributed by atoms with E-state index >= 15 is 9.18 Å². The van der Waals surface area contributed by atoms with Crippen LogP contribution in [0, 0.1) is 25.6 Å². The number of halogens is 1. The van der Waals surface area contributed by atoms with Gasteiger partial charge in [0.15, 0.2) is 5.82 Å². The van der Waals surface area contributed by atoms with Gasteiger partial charge in [0.05, 0.1) is 34.6 Å². The van der Waals surface area contributed by atoms with Gasteiger partial charge >= 0.3 is 11.4 Å². The van der Waals surface area contributed by atoms with Crippen molar-refractivity contribution in [2.24, 2.45) is 5.92 Å². The number of fused-ring (bicyclic) bond motifs is 2. The summed E-state index contributed by atoms with van der Waals surface area (Å²) in [5.41, 5.74) is 4.98. The van der Waals surface area contributed by atoms with Crippen LogP contribution in [-0.2, 0) is 26.7 Å². The highest BCUT2D eigenvalue weighted by Crippen LogP contribution is 2.56. The molecule has 3 aliphatic heterocycles. The fraction of sp³-hybridized carbons (Fsp3) is 0.383. The number of hydrogen-bond acceptors (Lipinski definition) is 9. The first kappa shape index (κ1) is 41.2. The lowest BCUT2D eigenvalue weighted by molar-refractivity contribution is 0.0663. The predicted molar refractivity (Wildman–Crippen MR) is 240 cm³/mol. The molecule has 0 unspecified atom stereocenters. The smallest absolute Gasteiger partial charge is 0.381 e. The van der Waals surface area contributed by atoms with Crippen molar-refractivity contribution >= 4 is 32.5 Å². The van der Waals surface area contributed by atoms with Crippen LogP contribution in [0.25, 0.3) is 28.1 Å². The van der Waals surface area contributed by atoms with Crippen molar-refractivity contribution in [2.75, 3.05) is 36.4 Å². The van der Waals surface area contributed by atoms with E-state index in [4.69, 9.17) is 14.4 Å². The number of carbonyl (C=O) groups excluding carboxylic acids is 1. The molecule has 0 radical (unpaired) electrons. The molecular weight excluding hydrogens is 854 g/mol. The number of anilines is 1. The van der Waals surface area contributed by atoms with Crippen molar-refractivity contribution in [3.63, 3.8) is 0 Å². The topological polar surface area (TPSA) is 175 Å². The second kappa shape index (κ2) is 15.0. The van der Waals surface area contributed by atoms with Gasteiger partial charge in [0, 0.05) is 61.6 Å². The minimum absolute atomic E-state index is 0.0128. The Morgan fingerprint density at radius 3 is 2.28 bits per heavy atom. The molecule has 7 aromatic rings. The number of nitrogens with one attached hydrogen (secondary N) is 1. The first-order valence-corrected chi connectivity index (χ1v) is 23.8. The molecule has 1 amide bonds. The Morgan fingerprint density at radius 2 is 1.62 bits per heavy atom. The SMILES string of the molecule is Cc1cc(-n2nc3c(c2-n2ccn(-c4ccc(N5CCCS5(=O)=O)cc4)c2=O)[C@H](C)N(C(=O)c2cc4cc(C5CCOCC5)ccc4n2[C@@]2(c4noc(=O)[nH]4)C[C@@H]2C)CC3)cc(C)c1F. The summed E-state index contributed by atoms with van der Waals surface area (Å²) >= 11 is 0. The van der Waals surface area contributed by atoms with E-state index in [0.717, 1.165) is 23.7 Å². The molecule has 18 heteroatoms. The van der Waals surface area contributed by atoms with Crippen molar-refractivity contribution in [2.45, 2.75) is 77.3 Å². The van der Waals surface area contributed by atoms with E-state index in [-0.39, 0.29) is 23.4 Å². The van der Waals surface area contributed by atoms with Gasteiger partial charge in [-0.3, -0.25) is 27.7 Å². The number of aromatic amines is 1. The van der Waals surface area contributed by atoms with E-state index in [1.54, 1.807) is 67.3 Å². The van der Waals surface area contributed by atoms with Crippen LogP contribution in [0.15, 0.2) is 87.2 Å². The highest BCUT2D eigenvalue weighted by atomic mass is 32.2. The molecule has 0 spiro atoms. The summed E-state index contributed by atoms with van der Waals surface area (Å²) in [7, 11) is -3.39. The number of hydrogen-bond donors (Lipinski definition) is 1. The Balaban J connectivity index is 1.03. The maximum absolute atomic E-state index is 15.5. The molecule has 4 aliphatic rings. The third-order valence-corrected chi connectivity index (χ3v) is 16.0. The van der Waals surface area contributed by atoms with Gasteiger partial charge in [-0.25, -0.2) is 27.1 Å². The number of nitrogens with zero attached hydrogens (tertiary/aromatic N) is 8. The minimum Gasteiger partial charge on any atom is -0.381 e. The first-order valence-electron chi connectivity index (χ1n) is 22.2. The van der Waals surface area contributed by atoms with Gasteiger partial charge in [-0.1, -0.05) is 18.1 Å². The largest absolute Gasteiger partial charge is 0.438 e. The molecule has 3 aromatic carbocycles.